The lowest BCUT2D eigenvalue weighted by Crippen LogP contribution is -2.39. The summed E-state index contributed by atoms with van der Waals surface area (Å²) < 4.78 is 1.08. The molecule has 102 valence electrons. The fourth-order valence-corrected chi connectivity index (χ4v) is 4.69. The summed E-state index contributed by atoms with van der Waals surface area (Å²) in [7, 11) is 0. The van der Waals surface area contributed by atoms with Crippen LogP contribution in [0.5, 0.6) is 0 Å². The molecule has 0 aliphatic carbocycles. The summed E-state index contributed by atoms with van der Waals surface area (Å²) in [4.78, 5) is 9.61. The minimum atomic E-state index is 0.865. The largest absolute Gasteiger partial charge is 0.370 e. The van der Waals surface area contributed by atoms with E-state index in [1.807, 2.05) is 12.4 Å². The van der Waals surface area contributed by atoms with Crippen LogP contribution in [-0.2, 0) is 0 Å². The van der Waals surface area contributed by atoms with Crippen LogP contribution in [0.25, 0.3) is 0 Å². The molecular weight excluding hydrogens is 302 g/mol. The topological polar surface area (TPSA) is 19.4 Å². The van der Waals surface area contributed by atoms with E-state index >= 15 is 0 Å². The van der Waals surface area contributed by atoms with Crippen molar-refractivity contribution in [1.82, 2.24) is 9.88 Å². The van der Waals surface area contributed by atoms with Gasteiger partial charge in [0.15, 0.2) is 0 Å². The average molecular weight is 322 g/mol. The Bertz CT molecular complexity index is 478. The molecule has 0 amide bonds. The fourth-order valence-electron chi connectivity index (χ4n) is 4.34. The van der Waals surface area contributed by atoms with Crippen molar-refractivity contribution < 1.29 is 0 Å². The Balaban J connectivity index is 1.52. The smallest absolute Gasteiger partial charge is 0.0564 e. The van der Waals surface area contributed by atoms with E-state index in [-0.39, 0.29) is 0 Å². The minimum Gasteiger partial charge on any atom is -0.370 e. The van der Waals surface area contributed by atoms with Crippen LogP contribution in [0, 0.1) is 11.8 Å². The van der Waals surface area contributed by atoms with Crippen LogP contribution < -0.4 is 4.90 Å². The molecule has 3 atom stereocenters. The Morgan fingerprint density at radius 1 is 1.16 bits per heavy atom. The van der Waals surface area contributed by atoms with Crippen molar-refractivity contribution in [1.29, 1.82) is 0 Å². The third-order valence-corrected chi connectivity index (χ3v) is 5.61. The lowest BCUT2D eigenvalue weighted by molar-refractivity contribution is 0.173. The molecule has 1 aromatic heterocycles. The Labute approximate surface area is 123 Å². The zero-order chi connectivity index (χ0) is 12.8. The molecule has 3 unspecified atom stereocenters. The first-order chi connectivity index (χ1) is 9.31. The maximum atomic E-state index is 4.31. The van der Waals surface area contributed by atoms with Gasteiger partial charge in [-0.05, 0) is 53.2 Å². The van der Waals surface area contributed by atoms with Crippen LogP contribution in [0.15, 0.2) is 22.9 Å². The maximum Gasteiger partial charge on any atom is 0.0564 e. The summed E-state index contributed by atoms with van der Waals surface area (Å²) in [5, 5.41) is 0. The monoisotopic (exact) mass is 321 g/mol. The van der Waals surface area contributed by atoms with Gasteiger partial charge in [-0.2, -0.15) is 0 Å². The summed E-state index contributed by atoms with van der Waals surface area (Å²) in [5.74, 6) is 1.77. The van der Waals surface area contributed by atoms with Crippen LogP contribution >= 0.6 is 15.9 Å². The predicted octanol–water partition coefficient (Wildman–Crippen LogP) is 2.76. The van der Waals surface area contributed by atoms with Crippen molar-refractivity contribution in [3.8, 4) is 0 Å². The highest BCUT2D eigenvalue weighted by Crippen LogP contribution is 2.41. The first kappa shape index (κ1) is 12.2. The standard InChI is InChI=1S/C15H20BrN3/c16-12-5-13(7-17-6-12)19-9-11-8-18-4-2-1-3-15(18)14(11)10-19/h5-7,11,14-15H,1-4,8-10H2. The maximum absolute atomic E-state index is 4.31. The van der Waals surface area contributed by atoms with E-state index < -0.39 is 0 Å². The van der Waals surface area contributed by atoms with Crippen molar-refractivity contribution >= 4 is 21.6 Å². The average Bonchev–Trinajstić information content (AvgIpc) is 2.96. The first-order valence-electron chi connectivity index (χ1n) is 7.41. The van der Waals surface area contributed by atoms with Gasteiger partial charge in [0.25, 0.3) is 0 Å². The molecule has 1 aromatic rings. The highest BCUT2D eigenvalue weighted by Gasteiger charge is 2.47. The minimum absolute atomic E-state index is 0.865. The number of fused-ring (bicyclic) bond motifs is 3. The second kappa shape index (κ2) is 4.74. The van der Waals surface area contributed by atoms with Crippen LogP contribution in [0.2, 0.25) is 0 Å². The summed E-state index contributed by atoms with van der Waals surface area (Å²) in [6.45, 7) is 5.11. The molecule has 3 nitrogen and oxygen atoms in total. The van der Waals surface area contributed by atoms with Crippen LogP contribution in [0.3, 0.4) is 0 Å². The van der Waals surface area contributed by atoms with E-state index in [9.17, 15) is 0 Å². The number of nitrogens with zero attached hydrogens (tertiary/aromatic N) is 3. The van der Waals surface area contributed by atoms with Crippen LogP contribution in [0.4, 0.5) is 5.69 Å². The van der Waals surface area contributed by atoms with Gasteiger partial charge in [-0.3, -0.25) is 9.88 Å². The molecule has 0 saturated carbocycles. The van der Waals surface area contributed by atoms with E-state index in [0.717, 1.165) is 22.4 Å². The second-order valence-corrected chi connectivity index (χ2v) is 7.16. The quantitative estimate of drug-likeness (QED) is 0.793. The summed E-state index contributed by atoms with van der Waals surface area (Å²) in [6, 6.07) is 3.07. The van der Waals surface area contributed by atoms with Crippen molar-refractivity contribution in [2.75, 3.05) is 31.1 Å². The van der Waals surface area contributed by atoms with Gasteiger partial charge < -0.3 is 4.90 Å². The molecule has 3 saturated heterocycles. The van der Waals surface area contributed by atoms with E-state index in [2.05, 4.69) is 36.8 Å². The van der Waals surface area contributed by atoms with Gasteiger partial charge in [0.05, 0.1) is 11.9 Å². The molecule has 4 heteroatoms. The second-order valence-electron chi connectivity index (χ2n) is 6.25. The number of pyridine rings is 1. The number of anilines is 1. The molecule has 4 rings (SSSR count). The Morgan fingerprint density at radius 2 is 2.11 bits per heavy atom. The molecular formula is C15H20BrN3. The third-order valence-electron chi connectivity index (χ3n) is 5.17. The molecule has 19 heavy (non-hydrogen) atoms. The number of hydrogen-bond donors (Lipinski definition) is 0. The molecule has 0 bridgehead atoms. The highest BCUT2D eigenvalue weighted by molar-refractivity contribution is 9.10. The fraction of sp³-hybridized carbons (Fsp3) is 0.667. The van der Waals surface area contributed by atoms with Gasteiger partial charge in [-0.15, -0.1) is 0 Å². The lowest BCUT2D eigenvalue weighted by atomic mass is 9.90. The van der Waals surface area contributed by atoms with Crippen LogP contribution in [-0.4, -0.2) is 42.1 Å². The van der Waals surface area contributed by atoms with Crippen LogP contribution in [0.1, 0.15) is 19.3 Å². The molecule has 0 radical (unpaired) electrons. The lowest BCUT2D eigenvalue weighted by Gasteiger charge is -2.33. The van der Waals surface area contributed by atoms with E-state index in [4.69, 9.17) is 0 Å². The molecule has 3 fully saturated rings. The van der Waals surface area contributed by atoms with Crippen molar-refractivity contribution in [3.63, 3.8) is 0 Å². The summed E-state index contributed by atoms with van der Waals surface area (Å²) in [6.07, 6.45) is 8.14. The van der Waals surface area contributed by atoms with Crippen molar-refractivity contribution in [2.45, 2.75) is 25.3 Å². The number of aromatic nitrogens is 1. The van der Waals surface area contributed by atoms with E-state index in [1.165, 1.54) is 51.1 Å². The van der Waals surface area contributed by atoms with Gasteiger partial charge in [0.2, 0.25) is 0 Å². The zero-order valence-electron chi connectivity index (χ0n) is 11.1. The van der Waals surface area contributed by atoms with Gasteiger partial charge in [-0.1, -0.05) is 6.42 Å². The Morgan fingerprint density at radius 3 is 3.00 bits per heavy atom. The van der Waals surface area contributed by atoms with Gasteiger partial charge in [0.1, 0.15) is 0 Å². The molecule has 0 spiro atoms. The molecule has 0 aromatic carbocycles. The number of rotatable bonds is 1. The molecule has 0 N–H and O–H groups in total. The molecule has 4 heterocycles. The van der Waals surface area contributed by atoms with Crippen molar-refractivity contribution in [2.24, 2.45) is 11.8 Å². The Hall–Kier alpha value is -0.610. The SMILES string of the molecule is Brc1cncc(N2CC3CN4CCCCC4C3C2)c1. The molecule has 3 aliphatic heterocycles. The predicted molar refractivity (Wildman–Crippen MR) is 80.3 cm³/mol. The summed E-state index contributed by atoms with van der Waals surface area (Å²) >= 11 is 3.53. The Kier molecular flexibility index (Phi) is 3.03. The van der Waals surface area contributed by atoms with Gasteiger partial charge >= 0.3 is 0 Å². The zero-order valence-corrected chi connectivity index (χ0v) is 12.7. The highest BCUT2D eigenvalue weighted by atomic mass is 79.9. The number of hydrogen-bond acceptors (Lipinski definition) is 3. The summed E-state index contributed by atoms with van der Waals surface area (Å²) in [5.41, 5.74) is 1.28. The van der Waals surface area contributed by atoms with Gasteiger partial charge in [-0.25, -0.2) is 0 Å². The number of piperidine rings is 1. The first-order valence-corrected chi connectivity index (χ1v) is 8.20. The molecule has 3 aliphatic rings. The third kappa shape index (κ3) is 2.09. The number of halogens is 1. The van der Waals surface area contributed by atoms with E-state index in [0.29, 0.717) is 0 Å². The van der Waals surface area contributed by atoms with E-state index in [1.54, 1.807) is 0 Å². The van der Waals surface area contributed by atoms with Gasteiger partial charge in [0, 0.05) is 36.3 Å². The van der Waals surface area contributed by atoms with Crippen molar-refractivity contribution in [3.05, 3.63) is 22.9 Å². The normalized spacial score (nSPS) is 34.4.